The fraction of sp³-hybridized carbons (Fsp3) is 0.700. The predicted molar refractivity (Wildman–Crippen MR) is 53.5 cm³/mol. The number of aliphatic carboxylic acids is 1. The fourth-order valence-corrected chi connectivity index (χ4v) is 1.50. The zero-order chi connectivity index (χ0) is 10.3. The molecule has 0 aromatic rings. The summed E-state index contributed by atoms with van der Waals surface area (Å²) in [6.07, 6.45) is 2.12. The summed E-state index contributed by atoms with van der Waals surface area (Å²) in [6, 6.07) is 0. The van der Waals surface area contributed by atoms with Gasteiger partial charge in [-0.1, -0.05) is 6.58 Å². The molecule has 0 unspecified atom stereocenters. The molecule has 0 aromatic carbocycles. The molecule has 0 saturated carbocycles. The van der Waals surface area contributed by atoms with Gasteiger partial charge in [0, 0.05) is 0 Å². The third-order valence-corrected chi connectivity index (χ3v) is 2.66. The number of nitrogens with zero attached hydrogens (tertiary/aromatic N) is 1. The molecule has 0 spiro atoms. The van der Waals surface area contributed by atoms with E-state index in [-0.39, 0.29) is 6.42 Å². The lowest BCUT2D eigenvalue weighted by Gasteiger charge is -2.35. The summed E-state index contributed by atoms with van der Waals surface area (Å²) >= 11 is 0. The summed E-state index contributed by atoms with van der Waals surface area (Å²) in [4.78, 5) is 10.4. The Labute approximate surface area is 80.3 Å². The molecule has 0 radical (unpaired) electrons. The molecular weight excluding hydrogens is 166 g/mol. The second-order valence-electron chi connectivity index (χ2n) is 3.31. The Bertz CT molecular complexity index is 174. The number of quaternary nitrogens is 1. The van der Waals surface area contributed by atoms with E-state index in [4.69, 9.17) is 5.11 Å². The highest BCUT2D eigenvalue weighted by Gasteiger charge is 2.21. The normalized spacial score (nSPS) is 11.2. The number of hydrogen-bond acceptors (Lipinski definition) is 1. The number of hydrogen-bond donors (Lipinski definition) is 1. The number of carboxylic acid groups (broad SMARTS) is 1. The molecule has 0 aliphatic heterocycles. The van der Waals surface area contributed by atoms with Crippen LogP contribution in [0.1, 0.15) is 20.3 Å². The lowest BCUT2D eigenvalue weighted by atomic mass is 10.2. The van der Waals surface area contributed by atoms with Crippen LogP contribution in [0, 0.1) is 0 Å². The van der Waals surface area contributed by atoms with E-state index in [0.29, 0.717) is 6.54 Å². The van der Waals surface area contributed by atoms with Crippen molar-refractivity contribution >= 4 is 5.97 Å². The third-order valence-electron chi connectivity index (χ3n) is 2.66. The van der Waals surface area contributed by atoms with E-state index < -0.39 is 5.97 Å². The molecule has 0 aliphatic rings. The molecule has 76 valence electrons. The molecule has 0 saturated heterocycles. The second kappa shape index (κ2) is 5.75. The Morgan fingerprint density at radius 3 is 2.31 bits per heavy atom. The number of carboxylic acids is 1. The second-order valence-corrected chi connectivity index (χ2v) is 3.31. The van der Waals surface area contributed by atoms with Gasteiger partial charge in [0.05, 0.1) is 32.6 Å². The van der Waals surface area contributed by atoms with E-state index in [1.54, 1.807) is 0 Å². The minimum Gasteiger partial charge on any atom is -0.481 e. The van der Waals surface area contributed by atoms with E-state index in [9.17, 15) is 4.79 Å². The van der Waals surface area contributed by atoms with E-state index in [0.717, 1.165) is 24.1 Å². The number of likely N-dealkylation sites (N-methyl/N-ethyl adjacent to an activating group) is 1. The molecule has 3 heteroatoms. The largest absolute Gasteiger partial charge is 0.481 e. The van der Waals surface area contributed by atoms with Gasteiger partial charge >= 0.3 is 5.97 Å². The van der Waals surface area contributed by atoms with Crippen molar-refractivity contribution in [3.05, 3.63) is 12.7 Å². The number of carbonyl (C=O) groups is 1. The molecule has 3 nitrogen and oxygen atoms in total. The molecule has 0 amide bonds. The summed E-state index contributed by atoms with van der Waals surface area (Å²) in [6.45, 7) is 11.4. The van der Waals surface area contributed by atoms with Crippen molar-refractivity contribution < 1.29 is 14.4 Å². The highest BCUT2D eigenvalue weighted by Crippen LogP contribution is 2.07. The van der Waals surface area contributed by atoms with E-state index in [2.05, 4.69) is 20.4 Å². The Hall–Kier alpha value is -0.830. The van der Waals surface area contributed by atoms with Crippen molar-refractivity contribution in [2.75, 3.05) is 26.2 Å². The minimum atomic E-state index is -0.714. The lowest BCUT2D eigenvalue weighted by Crippen LogP contribution is -2.49. The van der Waals surface area contributed by atoms with Crippen molar-refractivity contribution in [3.8, 4) is 0 Å². The quantitative estimate of drug-likeness (QED) is 0.483. The fourth-order valence-electron chi connectivity index (χ4n) is 1.50. The van der Waals surface area contributed by atoms with Gasteiger partial charge in [-0.15, -0.1) is 0 Å². The average Bonchev–Trinajstić information content (AvgIpc) is 2.12. The van der Waals surface area contributed by atoms with Gasteiger partial charge in [0.2, 0.25) is 0 Å². The first-order valence-electron chi connectivity index (χ1n) is 4.78. The van der Waals surface area contributed by atoms with Gasteiger partial charge in [0.25, 0.3) is 0 Å². The topological polar surface area (TPSA) is 37.3 Å². The van der Waals surface area contributed by atoms with E-state index in [1.165, 1.54) is 0 Å². The maximum absolute atomic E-state index is 10.4. The van der Waals surface area contributed by atoms with Crippen molar-refractivity contribution in [2.24, 2.45) is 0 Å². The van der Waals surface area contributed by atoms with Crippen molar-refractivity contribution in [2.45, 2.75) is 20.3 Å². The Morgan fingerprint density at radius 1 is 1.46 bits per heavy atom. The molecule has 0 aliphatic carbocycles. The van der Waals surface area contributed by atoms with Crippen LogP contribution in [0.15, 0.2) is 12.7 Å². The van der Waals surface area contributed by atoms with Gasteiger partial charge in [-0.2, -0.15) is 0 Å². The summed E-state index contributed by atoms with van der Waals surface area (Å²) in [5.74, 6) is -0.714. The highest BCUT2D eigenvalue weighted by atomic mass is 16.4. The molecule has 0 atom stereocenters. The Morgan fingerprint density at radius 2 is 2.00 bits per heavy atom. The first kappa shape index (κ1) is 12.2. The molecule has 1 N–H and O–H groups in total. The Kier molecular flexibility index (Phi) is 5.39. The summed E-state index contributed by atoms with van der Waals surface area (Å²) in [5.41, 5.74) is 0. The van der Waals surface area contributed by atoms with Crippen LogP contribution in [0.5, 0.6) is 0 Å². The molecule has 0 bridgehead atoms. The zero-order valence-corrected chi connectivity index (χ0v) is 8.62. The van der Waals surface area contributed by atoms with Crippen LogP contribution in [0.3, 0.4) is 0 Å². The van der Waals surface area contributed by atoms with Crippen LogP contribution in [-0.4, -0.2) is 41.7 Å². The van der Waals surface area contributed by atoms with Crippen LogP contribution in [0.4, 0.5) is 0 Å². The summed E-state index contributed by atoms with van der Waals surface area (Å²) in [5, 5.41) is 8.60. The van der Waals surface area contributed by atoms with Gasteiger partial charge in [0.1, 0.15) is 0 Å². The summed E-state index contributed by atoms with van der Waals surface area (Å²) < 4.78 is 0.829. The number of rotatable bonds is 7. The van der Waals surface area contributed by atoms with E-state index in [1.807, 2.05) is 6.08 Å². The smallest absolute Gasteiger partial charge is 0.309 e. The molecule has 0 aromatic heterocycles. The summed E-state index contributed by atoms with van der Waals surface area (Å²) in [7, 11) is 0. The van der Waals surface area contributed by atoms with Crippen LogP contribution < -0.4 is 0 Å². The SMILES string of the molecule is C=CC[N+](CC)(CC)CCC(=O)O. The highest BCUT2D eigenvalue weighted by molar-refractivity contribution is 5.66. The standard InChI is InChI=1S/C10H19NO2/c1-4-8-11(5-2,6-3)9-7-10(12)13/h4H,1,5-9H2,2-3H3/p+1. The molecular formula is C10H20NO2+. The van der Waals surface area contributed by atoms with Gasteiger partial charge < -0.3 is 9.59 Å². The van der Waals surface area contributed by atoms with Crippen LogP contribution in [-0.2, 0) is 4.79 Å². The van der Waals surface area contributed by atoms with Crippen LogP contribution >= 0.6 is 0 Å². The zero-order valence-electron chi connectivity index (χ0n) is 8.62. The van der Waals surface area contributed by atoms with Gasteiger partial charge in [-0.3, -0.25) is 4.79 Å². The van der Waals surface area contributed by atoms with Crippen molar-refractivity contribution in [1.29, 1.82) is 0 Å². The molecule has 0 rings (SSSR count). The van der Waals surface area contributed by atoms with Crippen LogP contribution in [0.25, 0.3) is 0 Å². The predicted octanol–water partition coefficient (Wildman–Crippen LogP) is 1.50. The van der Waals surface area contributed by atoms with Crippen molar-refractivity contribution in [1.82, 2.24) is 0 Å². The van der Waals surface area contributed by atoms with Crippen molar-refractivity contribution in [3.63, 3.8) is 0 Å². The van der Waals surface area contributed by atoms with Gasteiger partial charge in [-0.05, 0) is 19.9 Å². The third kappa shape index (κ3) is 4.08. The Balaban J connectivity index is 4.19. The monoisotopic (exact) mass is 186 g/mol. The average molecular weight is 186 g/mol. The molecule has 0 fully saturated rings. The maximum Gasteiger partial charge on any atom is 0.309 e. The minimum absolute atomic E-state index is 0.246. The van der Waals surface area contributed by atoms with E-state index >= 15 is 0 Å². The van der Waals surface area contributed by atoms with Gasteiger partial charge in [-0.25, -0.2) is 0 Å². The first-order valence-corrected chi connectivity index (χ1v) is 4.78. The lowest BCUT2D eigenvalue weighted by molar-refractivity contribution is -0.919. The first-order chi connectivity index (χ1) is 6.10. The molecule has 13 heavy (non-hydrogen) atoms. The van der Waals surface area contributed by atoms with Gasteiger partial charge in [0.15, 0.2) is 0 Å². The maximum atomic E-state index is 10.4. The van der Waals surface area contributed by atoms with Crippen LogP contribution in [0.2, 0.25) is 0 Å². The molecule has 0 heterocycles.